The third-order valence-corrected chi connectivity index (χ3v) is 4.79. The normalized spacial score (nSPS) is 19.5. The molecule has 21 heavy (non-hydrogen) atoms. The van der Waals surface area contributed by atoms with Crippen LogP contribution < -0.4 is 0 Å². The van der Waals surface area contributed by atoms with Crippen LogP contribution in [-0.4, -0.2) is 56.8 Å². The van der Waals surface area contributed by atoms with Gasteiger partial charge in [-0.3, -0.25) is 4.79 Å². The largest absolute Gasteiger partial charge is 0.302 e. The van der Waals surface area contributed by atoms with Gasteiger partial charge in [0.05, 0.1) is 17.6 Å². The zero-order valence-corrected chi connectivity index (χ0v) is 13.4. The van der Waals surface area contributed by atoms with Crippen molar-refractivity contribution in [1.82, 2.24) is 24.6 Å². The number of carbonyl (C=O) groups excluding carboxylic acids is 1. The van der Waals surface area contributed by atoms with E-state index >= 15 is 0 Å². The Balaban J connectivity index is 2.08. The van der Waals surface area contributed by atoms with E-state index in [0.717, 1.165) is 34.8 Å². The minimum atomic E-state index is 0.229. The van der Waals surface area contributed by atoms with Crippen LogP contribution in [0.1, 0.15) is 29.2 Å². The molecule has 1 aliphatic heterocycles. The number of rotatable bonds is 4. The van der Waals surface area contributed by atoms with Gasteiger partial charge in [-0.2, -0.15) is 5.10 Å². The van der Waals surface area contributed by atoms with Gasteiger partial charge in [0.25, 0.3) is 0 Å². The molecule has 0 amide bonds. The Kier molecular flexibility index (Phi) is 3.95. The van der Waals surface area contributed by atoms with Crippen molar-refractivity contribution in [1.29, 1.82) is 0 Å². The first-order chi connectivity index (χ1) is 10.1. The molecule has 1 saturated heterocycles. The van der Waals surface area contributed by atoms with Crippen LogP contribution in [0.4, 0.5) is 0 Å². The standard InChI is InChI=1S/C14H19N5OS/c1-9-12-13(15-11(8-20)16-14(12)21-3)19(17-9)7-10-5-4-6-18(10)2/h8,10H,4-7H2,1-3H3. The third kappa shape index (κ3) is 2.55. The second kappa shape index (κ2) is 5.73. The molecule has 1 fully saturated rings. The molecule has 112 valence electrons. The van der Waals surface area contributed by atoms with Gasteiger partial charge in [-0.15, -0.1) is 11.8 Å². The maximum Gasteiger partial charge on any atom is 0.195 e. The minimum Gasteiger partial charge on any atom is -0.302 e. The second-order valence-electron chi connectivity index (χ2n) is 5.45. The number of nitrogens with zero attached hydrogens (tertiary/aromatic N) is 5. The number of likely N-dealkylation sites (tertiary alicyclic amines) is 1. The number of hydrogen-bond acceptors (Lipinski definition) is 6. The van der Waals surface area contributed by atoms with Crippen LogP contribution in [0.15, 0.2) is 5.03 Å². The summed E-state index contributed by atoms with van der Waals surface area (Å²) in [6.45, 7) is 3.91. The summed E-state index contributed by atoms with van der Waals surface area (Å²) >= 11 is 1.52. The molecule has 7 heteroatoms. The van der Waals surface area contributed by atoms with E-state index in [-0.39, 0.29) is 5.82 Å². The predicted octanol–water partition coefficient (Wildman–Crippen LogP) is 1.76. The Morgan fingerprint density at radius 1 is 1.43 bits per heavy atom. The quantitative estimate of drug-likeness (QED) is 0.487. The molecule has 1 unspecified atom stereocenters. The summed E-state index contributed by atoms with van der Waals surface area (Å²) in [5.41, 5.74) is 1.70. The van der Waals surface area contributed by atoms with Crippen LogP contribution in [-0.2, 0) is 6.54 Å². The highest BCUT2D eigenvalue weighted by atomic mass is 32.2. The third-order valence-electron chi connectivity index (χ3n) is 4.10. The van der Waals surface area contributed by atoms with Crippen molar-refractivity contribution in [3.63, 3.8) is 0 Å². The Hall–Kier alpha value is -1.47. The lowest BCUT2D eigenvalue weighted by Gasteiger charge is -2.19. The summed E-state index contributed by atoms with van der Waals surface area (Å²) in [6, 6.07) is 0.486. The smallest absolute Gasteiger partial charge is 0.195 e. The molecule has 0 spiro atoms. The van der Waals surface area contributed by atoms with Gasteiger partial charge in [0.1, 0.15) is 5.03 Å². The number of carbonyl (C=O) groups is 1. The highest BCUT2D eigenvalue weighted by Gasteiger charge is 2.24. The minimum absolute atomic E-state index is 0.229. The van der Waals surface area contributed by atoms with E-state index in [0.29, 0.717) is 12.3 Å². The van der Waals surface area contributed by atoms with E-state index in [2.05, 4.69) is 27.0 Å². The molecular weight excluding hydrogens is 286 g/mol. The fourth-order valence-corrected chi connectivity index (χ4v) is 3.59. The van der Waals surface area contributed by atoms with Crippen molar-refractivity contribution in [2.24, 2.45) is 0 Å². The number of hydrogen-bond donors (Lipinski definition) is 0. The lowest BCUT2D eigenvalue weighted by Crippen LogP contribution is -2.29. The molecule has 0 saturated carbocycles. The van der Waals surface area contributed by atoms with Crippen molar-refractivity contribution in [3.8, 4) is 0 Å². The fourth-order valence-electron chi connectivity index (χ4n) is 2.96. The Morgan fingerprint density at radius 3 is 2.86 bits per heavy atom. The number of aromatic nitrogens is 4. The highest BCUT2D eigenvalue weighted by molar-refractivity contribution is 7.98. The average molecular weight is 305 g/mol. The van der Waals surface area contributed by atoms with Gasteiger partial charge >= 0.3 is 0 Å². The topological polar surface area (TPSA) is 63.9 Å². The molecule has 3 rings (SSSR count). The maximum atomic E-state index is 11.1. The van der Waals surface area contributed by atoms with Crippen LogP contribution >= 0.6 is 11.8 Å². The van der Waals surface area contributed by atoms with Gasteiger partial charge in [-0.1, -0.05) is 0 Å². The van der Waals surface area contributed by atoms with Crippen molar-refractivity contribution in [2.45, 2.75) is 37.4 Å². The number of aryl methyl sites for hydroxylation is 1. The molecule has 2 aromatic rings. The van der Waals surface area contributed by atoms with Gasteiger partial charge in [-0.05, 0) is 39.6 Å². The summed E-state index contributed by atoms with van der Waals surface area (Å²) in [4.78, 5) is 22.1. The average Bonchev–Trinajstić information content (AvgIpc) is 3.03. The predicted molar refractivity (Wildman–Crippen MR) is 82.9 cm³/mol. The Bertz CT molecular complexity index is 684. The maximum absolute atomic E-state index is 11.1. The molecule has 6 nitrogen and oxygen atoms in total. The molecule has 1 atom stereocenters. The molecule has 0 aliphatic carbocycles. The van der Waals surface area contributed by atoms with Crippen molar-refractivity contribution in [2.75, 3.05) is 19.8 Å². The van der Waals surface area contributed by atoms with E-state index in [4.69, 9.17) is 0 Å². The molecule has 1 aliphatic rings. The van der Waals surface area contributed by atoms with Crippen molar-refractivity contribution >= 4 is 29.1 Å². The summed E-state index contributed by atoms with van der Waals surface area (Å²) in [5, 5.41) is 6.42. The number of aldehydes is 1. The van der Waals surface area contributed by atoms with E-state index < -0.39 is 0 Å². The lowest BCUT2D eigenvalue weighted by atomic mass is 10.2. The summed E-state index contributed by atoms with van der Waals surface area (Å²) in [6.07, 6.45) is 5.06. The van der Waals surface area contributed by atoms with Gasteiger partial charge in [0.15, 0.2) is 17.8 Å². The molecule has 3 heterocycles. The zero-order chi connectivity index (χ0) is 15.0. The lowest BCUT2D eigenvalue weighted by molar-refractivity contribution is 0.111. The SMILES string of the molecule is CSc1nc(C=O)nc2c1c(C)nn2CC1CCCN1C. The summed E-state index contributed by atoms with van der Waals surface area (Å²) < 4.78 is 1.94. The van der Waals surface area contributed by atoms with Gasteiger partial charge < -0.3 is 4.90 Å². The number of fused-ring (bicyclic) bond motifs is 1. The zero-order valence-electron chi connectivity index (χ0n) is 12.5. The summed E-state index contributed by atoms with van der Waals surface area (Å²) in [7, 11) is 2.15. The van der Waals surface area contributed by atoms with Crippen molar-refractivity contribution in [3.05, 3.63) is 11.5 Å². The monoisotopic (exact) mass is 305 g/mol. The Labute approximate surface area is 127 Å². The summed E-state index contributed by atoms with van der Waals surface area (Å²) in [5.74, 6) is 0.229. The molecule has 2 aromatic heterocycles. The molecule has 0 aromatic carbocycles. The van der Waals surface area contributed by atoms with E-state index in [1.165, 1.54) is 24.6 Å². The van der Waals surface area contributed by atoms with Crippen molar-refractivity contribution < 1.29 is 4.79 Å². The molecule has 0 N–H and O–H groups in total. The number of thioether (sulfide) groups is 1. The second-order valence-corrected chi connectivity index (χ2v) is 6.25. The van der Waals surface area contributed by atoms with Crippen LogP contribution in [0.3, 0.4) is 0 Å². The fraction of sp³-hybridized carbons (Fsp3) is 0.571. The molecule has 0 bridgehead atoms. The van der Waals surface area contributed by atoms with E-state index in [1.54, 1.807) is 0 Å². The van der Waals surface area contributed by atoms with Crippen LogP contribution in [0, 0.1) is 6.92 Å². The van der Waals surface area contributed by atoms with Gasteiger partial charge in [-0.25, -0.2) is 14.6 Å². The van der Waals surface area contributed by atoms with E-state index in [1.807, 2.05) is 17.9 Å². The first-order valence-electron chi connectivity index (χ1n) is 7.08. The highest BCUT2D eigenvalue weighted by Crippen LogP contribution is 2.27. The molecular formula is C14H19N5OS. The van der Waals surface area contributed by atoms with Crippen LogP contribution in [0.2, 0.25) is 0 Å². The molecule has 0 radical (unpaired) electrons. The first kappa shape index (κ1) is 14.5. The number of likely N-dealkylation sites (N-methyl/N-ethyl adjacent to an activating group) is 1. The van der Waals surface area contributed by atoms with Gasteiger partial charge in [0, 0.05) is 6.04 Å². The van der Waals surface area contributed by atoms with Crippen LogP contribution in [0.5, 0.6) is 0 Å². The van der Waals surface area contributed by atoms with Gasteiger partial charge in [0.2, 0.25) is 0 Å². The first-order valence-corrected chi connectivity index (χ1v) is 8.31. The Morgan fingerprint density at radius 2 is 2.24 bits per heavy atom. The van der Waals surface area contributed by atoms with E-state index in [9.17, 15) is 4.79 Å². The van der Waals surface area contributed by atoms with Crippen LogP contribution in [0.25, 0.3) is 11.0 Å².